The van der Waals surface area contributed by atoms with Gasteiger partial charge in [-0.25, -0.2) is 0 Å². The second-order valence-corrected chi connectivity index (χ2v) is 4.46. The Morgan fingerprint density at radius 2 is 1.93 bits per heavy atom. The van der Waals surface area contributed by atoms with Gasteiger partial charge in [-0.2, -0.15) is 0 Å². The molecule has 1 saturated heterocycles. The fourth-order valence-electron chi connectivity index (χ4n) is 2.63. The lowest BCUT2D eigenvalue weighted by molar-refractivity contribution is 0.131. The molecule has 0 saturated carbocycles. The summed E-state index contributed by atoms with van der Waals surface area (Å²) in [6, 6.07) is 11.5. The van der Waals surface area contributed by atoms with E-state index in [1.54, 1.807) is 0 Å². The maximum absolute atomic E-state index is 2.49. The highest BCUT2D eigenvalue weighted by molar-refractivity contribution is 5.20. The number of hydrogen-bond donors (Lipinski definition) is 0. The van der Waals surface area contributed by atoms with Crippen LogP contribution in [-0.2, 0) is 0 Å². The number of nitrogens with zero attached hydrogens (tertiary/aromatic N) is 1. The molecule has 1 heterocycles. The van der Waals surface area contributed by atoms with Gasteiger partial charge in [-0.15, -0.1) is 0 Å². The van der Waals surface area contributed by atoms with E-state index in [0.29, 0.717) is 6.04 Å². The first-order chi connectivity index (χ1) is 6.79. The van der Waals surface area contributed by atoms with Gasteiger partial charge in [0.2, 0.25) is 0 Å². The Morgan fingerprint density at radius 3 is 2.57 bits per heavy atom. The van der Waals surface area contributed by atoms with Crippen LogP contribution in [0.1, 0.15) is 31.4 Å². The Bertz CT molecular complexity index is 271. The molecule has 14 heavy (non-hydrogen) atoms. The Hall–Kier alpha value is -0.820. The second kappa shape index (κ2) is 4.14. The normalized spacial score (nSPS) is 29.0. The number of piperidine rings is 1. The molecule has 0 bridgehead atoms. The van der Waals surface area contributed by atoms with E-state index in [9.17, 15) is 0 Å². The highest BCUT2D eigenvalue weighted by Gasteiger charge is 2.26. The first kappa shape index (κ1) is 9.72. The fraction of sp³-hybridized carbons (Fsp3) is 0.538. The maximum Gasteiger partial charge on any atom is 0.0370 e. The average molecular weight is 189 g/mol. The van der Waals surface area contributed by atoms with Crippen LogP contribution < -0.4 is 0 Å². The highest BCUT2D eigenvalue weighted by Crippen LogP contribution is 2.34. The van der Waals surface area contributed by atoms with Crippen LogP contribution in [0.3, 0.4) is 0 Å². The van der Waals surface area contributed by atoms with Crippen molar-refractivity contribution in [1.82, 2.24) is 4.90 Å². The summed E-state index contributed by atoms with van der Waals surface area (Å²) in [7, 11) is 2.24. The van der Waals surface area contributed by atoms with Crippen molar-refractivity contribution in [2.75, 3.05) is 13.6 Å². The molecule has 0 spiro atoms. The predicted molar refractivity (Wildman–Crippen MR) is 60.2 cm³/mol. The molecule has 0 unspecified atom stereocenters. The van der Waals surface area contributed by atoms with Crippen LogP contribution in [0.2, 0.25) is 0 Å². The van der Waals surface area contributed by atoms with Crippen LogP contribution in [0.5, 0.6) is 0 Å². The summed E-state index contributed by atoms with van der Waals surface area (Å²) in [6.07, 6.45) is 2.71. The minimum atomic E-state index is 0.630. The Labute approximate surface area is 86.7 Å². The third-order valence-electron chi connectivity index (χ3n) is 3.33. The summed E-state index contributed by atoms with van der Waals surface area (Å²) in [5.74, 6) is 0.788. The van der Waals surface area contributed by atoms with Crippen LogP contribution in [-0.4, -0.2) is 18.5 Å². The molecule has 1 aliphatic heterocycles. The molecule has 0 N–H and O–H groups in total. The smallest absolute Gasteiger partial charge is 0.0370 e. The average Bonchev–Trinajstić information content (AvgIpc) is 2.19. The Kier molecular flexibility index (Phi) is 2.87. The molecule has 0 aromatic heterocycles. The zero-order valence-electron chi connectivity index (χ0n) is 9.11. The van der Waals surface area contributed by atoms with Crippen molar-refractivity contribution in [3.63, 3.8) is 0 Å². The lowest BCUT2D eigenvalue weighted by Gasteiger charge is -2.37. The molecule has 0 radical (unpaired) electrons. The van der Waals surface area contributed by atoms with Crippen molar-refractivity contribution in [1.29, 1.82) is 0 Å². The van der Waals surface area contributed by atoms with Crippen molar-refractivity contribution >= 4 is 0 Å². The van der Waals surface area contributed by atoms with Crippen LogP contribution in [0.25, 0.3) is 0 Å². The summed E-state index contributed by atoms with van der Waals surface area (Å²) in [6.45, 7) is 3.61. The van der Waals surface area contributed by atoms with E-state index in [1.165, 1.54) is 24.9 Å². The number of benzene rings is 1. The summed E-state index contributed by atoms with van der Waals surface area (Å²) in [5.41, 5.74) is 1.47. The SMILES string of the molecule is C[C@H]1CCCN(C)[C@@H]1c1ccccc1. The zero-order chi connectivity index (χ0) is 9.97. The molecular formula is C13H19N. The maximum atomic E-state index is 2.49. The van der Waals surface area contributed by atoms with Crippen LogP contribution in [0, 0.1) is 5.92 Å². The van der Waals surface area contributed by atoms with E-state index in [2.05, 4.69) is 49.2 Å². The van der Waals surface area contributed by atoms with Crippen LogP contribution in [0.15, 0.2) is 30.3 Å². The van der Waals surface area contributed by atoms with E-state index in [4.69, 9.17) is 0 Å². The zero-order valence-corrected chi connectivity index (χ0v) is 9.11. The standard InChI is InChI=1S/C13H19N/c1-11-7-6-10-14(2)13(11)12-8-4-3-5-9-12/h3-5,8-9,11,13H,6-7,10H2,1-2H3/t11-,13-/m0/s1. The molecule has 1 aliphatic rings. The molecule has 1 nitrogen and oxygen atoms in total. The molecule has 0 aliphatic carbocycles. The third-order valence-corrected chi connectivity index (χ3v) is 3.33. The molecule has 1 fully saturated rings. The number of likely N-dealkylation sites (tertiary alicyclic amines) is 1. The Balaban J connectivity index is 2.23. The minimum Gasteiger partial charge on any atom is -0.299 e. The van der Waals surface area contributed by atoms with Gasteiger partial charge in [-0.05, 0) is 37.9 Å². The van der Waals surface area contributed by atoms with E-state index >= 15 is 0 Å². The molecule has 1 aromatic rings. The van der Waals surface area contributed by atoms with Crippen molar-refractivity contribution in [2.45, 2.75) is 25.8 Å². The van der Waals surface area contributed by atoms with Gasteiger partial charge in [0, 0.05) is 6.04 Å². The van der Waals surface area contributed by atoms with Gasteiger partial charge >= 0.3 is 0 Å². The second-order valence-electron chi connectivity index (χ2n) is 4.46. The van der Waals surface area contributed by atoms with E-state index in [0.717, 1.165) is 5.92 Å². The topological polar surface area (TPSA) is 3.24 Å². The van der Waals surface area contributed by atoms with Gasteiger partial charge < -0.3 is 0 Å². The molecular weight excluding hydrogens is 170 g/mol. The van der Waals surface area contributed by atoms with Gasteiger partial charge in [-0.1, -0.05) is 37.3 Å². The summed E-state index contributed by atoms with van der Waals surface area (Å²) in [5, 5.41) is 0. The van der Waals surface area contributed by atoms with Crippen molar-refractivity contribution in [3.05, 3.63) is 35.9 Å². The summed E-state index contributed by atoms with van der Waals surface area (Å²) >= 11 is 0. The molecule has 0 amide bonds. The van der Waals surface area contributed by atoms with E-state index < -0.39 is 0 Å². The number of rotatable bonds is 1. The van der Waals surface area contributed by atoms with Gasteiger partial charge in [-0.3, -0.25) is 4.90 Å². The van der Waals surface area contributed by atoms with Gasteiger partial charge in [0.25, 0.3) is 0 Å². The van der Waals surface area contributed by atoms with Gasteiger partial charge in [0.05, 0.1) is 0 Å². The highest BCUT2D eigenvalue weighted by atomic mass is 15.1. The van der Waals surface area contributed by atoms with E-state index in [-0.39, 0.29) is 0 Å². The third kappa shape index (κ3) is 1.83. The fourth-order valence-corrected chi connectivity index (χ4v) is 2.63. The van der Waals surface area contributed by atoms with Crippen LogP contribution in [0.4, 0.5) is 0 Å². The Morgan fingerprint density at radius 1 is 1.21 bits per heavy atom. The van der Waals surface area contributed by atoms with Gasteiger partial charge in [0.15, 0.2) is 0 Å². The quantitative estimate of drug-likeness (QED) is 0.656. The van der Waals surface area contributed by atoms with E-state index in [1.807, 2.05) is 0 Å². The molecule has 2 rings (SSSR count). The monoisotopic (exact) mass is 189 g/mol. The predicted octanol–water partition coefficient (Wildman–Crippen LogP) is 3.09. The lowest BCUT2D eigenvalue weighted by Crippen LogP contribution is -2.34. The lowest BCUT2D eigenvalue weighted by atomic mass is 9.86. The number of hydrogen-bond acceptors (Lipinski definition) is 1. The first-order valence-corrected chi connectivity index (χ1v) is 5.54. The largest absolute Gasteiger partial charge is 0.299 e. The van der Waals surface area contributed by atoms with Crippen molar-refractivity contribution in [3.8, 4) is 0 Å². The van der Waals surface area contributed by atoms with Crippen molar-refractivity contribution < 1.29 is 0 Å². The summed E-state index contributed by atoms with van der Waals surface area (Å²) < 4.78 is 0. The molecule has 76 valence electrons. The first-order valence-electron chi connectivity index (χ1n) is 5.54. The van der Waals surface area contributed by atoms with Gasteiger partial charge in [0.1, 0.15) is 0 Å². The summed E-state index contributed by atoms with van der Waals surface area (Å²) in [4.78, 5) is 2.49. The minimum absolute atomic E-state index is 0.630. The molecule has 1 aromatic carbocycles. The van der Waals surface area contributed by atoms with Crippen molar-refractivity contribution in [2.24, 2.45) is 5.92 Å². The van der Waals surface area contributed by atoms with Crippen LogP contribution >= 0.6 is 0 Å². The molecule has 1 heteroatoms. The molecule has 2 atom stereocenters.